The summed E-state index contributed by atoms with van der Waals surface area (Å²) >= 11 is 0. The van der Waals surface area contributed by atoms with Crippen molar-refractivity contribution >= 4 is 17.5 Å². The maximum atomic E-state index is 12.8. The van der Waals surface area contributed by atoms with Crippen molar-refractivity contribution in [1.82, 2.24) is 20.0 Å². The molecule has 2 saturated heterocycles. The quantitative estimate of drug-likeness (QED) is 0.166. The van der Waals surface area contributed by atoms with Gasteiger partial charge in [0.05, 0.1) is 18.5 Å². The van der Waals surface area contributed by atoms with Crippen LogP contribution in [0.4, 0.5) is 5.69 Å². The van der Waals surface area contributed by atoms with Gasteiger partial charge in [-0.05, 0) is 97.5 Å². The van der Waals surface area contributed by atoms with E-state index in [9.17, 15) is 19.5 Å². The van der Waals surface area contributed by atoms with E-state index in [-0.39, 0.29) is 30.2 Å². The maximum absolute atomic E-state index is 12.8. The van der Waals surface area contributed by atoms with Crippen LogP contribution in [0.3, 0.4) is 0 Å². The Hall–Kier alpha value is -4.96. The van der Waals surface area contributed by atoms with Crippen LogP contribution in [0.5, 0.6) is 11.5 Å². The van der Waals surface area contributed by atoms with Crippen molar-refractivity contribution in [3.63, 3.8) is 0 Å². The third-order valence-corrected chi connectivity index (χ3v) is 10.5. The highest BCUT2D eigenvalue weighted by molar-refractivity contribution is 5.99. The Morgan fingerprint density at radius 3 is 2.38 bits per heavy atom. The highest BCUT2D eigenvalue weighted by Gasteiger charge is 2.32. The van der Waals surface area contributed by atoms with Crippen molar-refractivity contribution in [2.24, 2.45) is 0 Å². The predicted octanol–water partition coefficient (Wildman–Crippen LogP) is 5.16. The molecule has 0 saturated carbocycles. The number of piperidine rings is 1. The number of anilines is 1. The van der Waals surface area contributed by atoms with E-state index < -0.39 is 11.9 Å². The second-order valence-corrected chi connectivity index (χ2v) is 13.7. The lowest BCUT2D eigenvalue weighted by atomic mass is 9.69. The fourth-order valence-electron chi connectivity index (χ4n) is 7.81. The van der Waals surface area contributed by atoms with Crippen molar-refractivity contribution < 1.29 is 19.4 Å². The number of amides is 2. The number of aryl methyl sites for hydroxylation is 1. The van der Waals surface area contributed by atoms with E-state index in [0.29, 0.717) is 18.3 Å². The molecule has 7 rings (SSSR count). The minimum Gasteiger partial charge on any atom is -0.508 e. The Labute approximate surface area is 292 Å². The number of hydrogen-bond donors (Lipinski definition) is 2. The van der Waals surface area contributed by atoms with E-state index in [2.05, 4.69) is 80.9 Å². The average molecular weight is 676 g/mol. The summed E-state index contributed by atoms with van der Waals surface area (Å²) in [5.41, 5.74) is 5.59. The number of aromatic hydroxyl groups is 1. The van der Waals surface area contributed by atoms with Gasteiger partial charge in [0.25, 0.3) is 11.5 Å². The summed E-state index contributed by atoms with van der Waals surface area (Å²) in [6.07, 6.45) is 7.32. The first-order valence-corrected chi connectivity index (χ1v) is 17.9. The van der Waals surface area contributed by atoms with E-state index in [0.717, 1.165) is 76.3 Å². The van der Waals surface area contributed by atoms with Gasteiger partial charge in [0.15, 0.2) is 0 Å². The number of ether oxygens (including phenoxy) is 1. The van der Waals surface area contributed by atoms with Crippen LogP contribution in [0, 0.1) is 0 Å². The first kappa shape index (κ1) is 33.5. The molecule has 1 aromatic heterocycles. The second kappa shape index (κ2) is 15.3. The van der Waals surface area contributed by atoms with E-state index in [1.165, 1.54) is 26.9 Å². The third kappa shape index (κ3) is 7.60. The molecule has 0 bridgehead atoms. The zero-order valence-corrected chi connectivity index (χ0v) is 28.4. The predicted molar refractivity (Wildman–Crippen MR) is 192 cm³/mol. The fraction of sp³-hybridized carbons (Fsp3) is 0.400. The number of piperazine rings is 1. The summed E-state index contributed by atoms with van der Waals surface area (Å²) in [4.78, 5) is 41.0. The number of unbranched alkanes of at least 4 members (excludes halogenated alkanes) is 2. The molecule has 3 aliphatic rings. The van der Waals surface area contributed by atoms with Gasteiger partial charge in [0.1, 0.15) is 17.5 Å². The molecule has 2 amide bonds. The molecule has 10 heteroatoms. The lowest BCUT2D eigenvalue weighted by Gasteiger charge is -2.36. The number of carbonyl (C=O) groups excluding carboxylic acids is 2. The summed E-state index contributed by atoms with van der Waals surface area (Å²) < 4.78 is 7.33. The van der Waals surface area contributed by atoms with Crippen molar-refractivity contribution in [3.8, 4) is 11.5 Å². The molecule has 4 aromatic rings. The molecule has 1 aliphatic carbocycles. The van der Waals surface area contributed by atoms with Crippen molar-refractivity contribution in [2.45, 2.75) is 62.8 Å². The second-order valence-electron chi connectivity index (χ2n) is 13.7. The molecule has 10 nitrogen and oxygen atoms in total. The topological polar surface area (TPSA) is 117 Å². The van der Waals surface area contributed by atoms with E-state index in [1.54, 1.807) is 12.3 Å². The molecule has 260 valence electrons. The van der Waals surface area contributed by atoms with Crippen LogP contribution in [0.15, 0.2) is 89.9 Å². The summed E-state index contributed by atoms with van der Waals surface area (Å²) in [5, 5.41) is 16.7. The number of nitrogens with one attached hydrogen (secondary N) is 1. The average Bonchev–Trinajstić information content (AvgIpc) is 3.14. The molecule has 50 heavy (non-hydrogen) atoms. The molecule has 0 radical (unpaired) electrons. The number of nitrogens with zero attached hydrogens (tertiary/aromatic N) is 4. The molecule has 3 heterocycles. The summed E-state index contributed by atoms with van der Waals surface area (Å²) in [6.45, 7) is 5.16. The van der Waals surface area contributed by atoms with Crippen LogP contribution in [-0.2, 0) is 16.0 Å². The normalized spacial score (nSPS) is 21.0. The summed E-state index contributed by atoms with van der Waals surface area (Å²) in [5.74, 6) is 1.04. The van der Waals surface area contributed by atoms with Crippen molar-refractivity contribution in [1.29, 1.82) is 0 Å². The highest BCUT2D eigenvalue weighted by Crippen LogP contribution is 2.47. The number of aromatic nitrogens is 2. The zero-order valence-electron chi connectivity index (χ0n) is 28.4. The smallest absolute Gasteiger partial charge is 0.269 e. The van der Waals surface area contributed by atoms with Crippen LogP contribution in [-0.4, -0.2) is 70.9 Å². The molecule has 2 aliphatic heterocycles. The first-order valence-electron chi connectivity index (χ1n) is 17.9. The van der Waals surface area contributed by atoms with Crippen LogP contribution < -0.4 is 20.5 Å². The number of imide groups is 1. The number of benzene rings is 3. The first-order chi connectivity index (χ1) is 24.4. The number of phenolic OH excluding ortho intramolecular Hbond substituents is 1. The van der Waals surface area contributed by atoms with Gasteiger partial charge < -0.3 is 14.7 Å². The molecule has 2 fully saturated rings. The Morgan fingerprint density at radius 1 is 0.820 bits per heavy atom. The maximum Gasteiger partial charge on any atom is 0.269 e. The minimum absolute atomic E-state index is 0.204. The van der Waals surface area contributed by atoms with Gasteiger partial charge in [0.2, 0.25) is 5.91 Å². The van der Waals surface area contributed by atoms with E-state index >= 15 is 0 Å². The molecule has 3 aromatic carbocycles. The number of fused-ring (bicyclic) bond motifs is 1. The van der Waals surface area contributed by atoms with Crippen LogP contribution in [0.2, 0.25) is 0 Å². The van der Waals surface area contributed by atoms with Gasteiger partial charge in [-0.2, -0.15) is 5.10 Å². The van der Waals surface area contributed by atoms with Crippen molar-refractivity contribution in [3.05, 3.63) is 118 Å². The zero-order chi connectivity index (χ0) is 34.5. The standard InChI is InChI=1S/C40H45N5O5/c46-32-12-16-35-30(25-32)11-15-34(28-7-3-1-4-8-28)39(35)29-9-13-33(14-10-29)50-24-6-2-5-19-43-20-22-44(23-21-43)31-26-38(48)45(41-27-31)36-17-18-37(47)42-40(36)49/h1,3-4,7-10,12-14,16,25-27,34,36,39,46H,2,5-6,11,15,17-24H2,(H,42,47,49)/t34-,36?,39+/m1/s1. The van der Waals surface area contributed by atoms with Gasteiger partial charge >= 0.3 is 0 Å². The number of hydrogen-bond acceptors (Lipinski definition) is 8. The van der Waals surface area contributed by atoms with Crippen LogP contribution >= 0.6 is 0 Å². The molecular weight excluding hydrogens is 630 g/mol. The monoisotopic (exact) mass is 675 g/mol. The minimum atomic E-state index is -0.743. The molecule has 2 N–H and O–H groups in total. The Balaban J connectivity index is 0.847. The number of rotatable bonds is 11. The Kier molecular flexibility index (Phi) is 10.3. The van der Waals surface area contributed by atoms with E-state index in [4.69, 9.17) is 4.74 Å². The Morgan fingerprint density at radius 2 is 1.62 bits per heavy atom. The van der Waals surface area contributed by atoms with Gasteiger partial charge in [-0.1, -0.05) is 48.5 Å². The molecule has 1 unspecified atom stereocenters. The molecular formula is C40H45N5O5. The summed E-state index contributed by atoms with van der Waals surface area (Å²) in [7, 11) is 0. The summed E-state index contributed by atoms with van der Waals surface area (Å²) in [6, 6.07) is 26.0. The third-order valence-electron chi connectivity index (χ3n) is 10.5. The molecule has 0 spiro atoms. The van der Waals surface area contributed by atoms with Gasteiger partial charge in [-0.15, -0.1) is 0 Å². The highest BCUT2D eigenvalue weighted by atomic mass is 16.5. The Bertz CT molecular complexity index is 1850. The fourth-order valence-corrected chi connectivity index (χ4v) is 7.81. The number of phenols is 1. The lowest BCUT2D eigenvalue weighted by molar-refractivity contribution is -0.136. The van der Waals surface area contributed by atoms with Gasteiger partial charge in [0, 0.05) is 44.6 Å². The van der Waals surface area contributed by atoms with Gasteiger partial charge in [-0.3, -0.25) is 24.6 Å². The van der Waals surface area contributed by atoms with E-state index in [1.807, 2.05) is 12.1 Å². The SMILES string of the molecule is O=C1CCC(n2ncc(N3CCN(CCCCCOc4ccc([C@@H]5c6ccc(O)cc6CC[C@@H]5c5ccccc5)cc4)CC3)cc2=O)C(=O)N1. The molecule has 3 atom stereocenters. The largest absolute Gasteiger partial charge is 0.508 e. The van der Waals surface area contributed by atoms with Gasteiger partial charge in [-0.25, -0.2) is 4.68 Å². The van der Waals surface area contributed by atoms with Crippen LogP contribution in [0.1, 0.15) is 78.7 Å². The lowest BCUT2D eigenvalue weighted by Crippen LogP contribution is -2.47. The van der Waals surface area contributed by atoms with Crippen molar-refractivity contribution in [2.75, 3.05) is 44.2 Å². The van der Waals surface area contributed by atoms with Crippen LogP contribution in [0.25, 0.3) is 0 Å². The number of carbonyl (C=O) groups is 2.